The summed E-state index contributed by atoms with van der Waals surface area (Å²) in [6, 6.07) is 17.7. The Morgan fingerprint density at radius 2 is 1.32 bits per heavy atom. The zero-order valence-electron chi connectivity index (χ0n) is 12.4. The van der Waals surface area contributed by atoms with Crippen LogP contribution in [0.4, 0.5) is 0 Å². The second-order valence-corrected chi connectivity index (χ2v) is 5.18. The van der Waals surface area contributed by atoms with Crippen LogP contribution in [0.5, 0.6) is 0 Å². The molecule has 0 aliphatic rings. The van der Waals surface area contributed by atoms with E-state index in [1.54, 1.807) is 0 Å². The molecule has 0 N–H and O–H groups in total. The normalized spacial score (nSPS) is 10.2. The molecule has 0 atom stereocenters. The number of benzene rings is 2. The zero-order valence-corrected chi connectivity index (χ0v) is 12.4. The lowest BCUT2D eigenvalue weighted by molar-refractivity contribution is 0.975. The van der Waals surface area contributed by atoms with E-state index in [9.17, 15) is 5.26 Å². The first kappa shape index (κ1) is 13.9. The van der Waals surface area contributed by atoms with Gasteiger partial charge in [-0.25, -0.2) is 4.98 Å². The lowest BCUT2D eigenvalue weighted by Crippen LogP contribution is -2.00. The molecule has 0 saturated heterocycles. The minimum Gasteiger partial charge on any atom is -0.213 e. The van der Waals surface area contributed by atoms with E-state index >= 15 is 0 Å². The molecular weight excluding hydrogens is 272 g/mol. The third-order valence-corrected chi connectivity index (χ3v) is 3.43. The molecule has 0 fully saturated rings. The molecular formula is C18H14N4. The number of hydrogen-bond acceptors (Lipinski definition) is 4. The molecule has 106 valence electrons. The molecule has 0 unspecified atom stereocenters. The van der Waals surface area contributed by atoms with Crippen LogP contribution in [-0.4, -0.2) is 15.2 Å². The predicted octanol–water partition coefficient (Wildman–Crippen LogP) is 3.69. The first-order valence-electron chi connectivity index (χ1n) is 6.96. The molecule has 2 aromatic carbocycles. The molecule has 0 radical (unpaired) electrons. The molecule has 0 aliphatic carbocycles. The van der Waals surface area contributed by atoms with Crippen LogP contribution in [0.2, 0.25) is 0 Å². The van der Waals surface area contributed by atoms with Gasteiger partial charge in [0.25, 0.3) is 0 Å². The summed E-state index contributed by atoms with van der Waals surface area (Å²) < 4.78 is 0. The van der Waals surface area contributed by atoms with E-state index in [1.165, 1.54) is 0 Å². The topological polar surface area (TPSA) is 62.5 Å². The van der Waals surface area contributed by atoms with Crippen LogP contribution in [0, 0.1) is 25.2 Å². The molecule has 1 heterocycles. The standard InChI is InChI=1S/C18H14N4/c1-12-3-7-14(8-4-12)17-16(11-19)20-18(22-21-17)15-9-5-13(2)6-10-15/h3-10H,1-2H3. The fraction of sp³-hybridized carbons (Fsp3) is 0.111. The minimum absolute atomic E-state index is 0.287. The molecule has 0 bridgehead atoms. The van der Waals surface area contributed by atoms with Gasteiger partial charge in [0.05, 0.1) is 0 Å². The van der Waals surface area contributed by atoms with E-state index in [0.717, 1.165) is 22.3 Å². The highest BCUT2D eigenvalue weighted by atomic mass is 15.2. The number of rotatable bonds is 2. The third-order valence-electron chi connectivity index (χ3n) is 3.43. The Kier molecular flexibility index (Phi) is 3.63. The van der Waals surface area contributed by atoms with Crippen LogP contribution < -0.4 is 0 Å². The van der Waals surface area contributed by atoms with Gasteiger partial charge in [-0.05, 0) is 13.8 Å². The molecule has 4 heteroatoms. The smallest absolute Gasteiger partial charge is 0.183 e. The highest BCUT2D eigenvalue weighted by Gasteiger charge is 2.12. The van der Waals surface area contributed by atoms with Crippen molar-refractivity contribution >= 4 is 0 Å². The van der Waals surface area contributed by atoms with Crippen molar-refractivity contribution < 1.29 is 0 Å². The lowest BCUT2D eigenvalue weighted by Gasteiger charge is -2.05. The van der Waals surface area contributed by atoms with E-state index in [-0.39, 0.29) is 5.69 Å². The molecule has 4 nitrogen and oxygen atoms in total. The van der Waals surface area contributed by atoms with Gasteiger partial charge in [0.2, 0.25) is 0 Å². The Labute approximate surface area is 129 Å². The molecule has 1 aromatic heterocycles. The Balaban J connectivity index is 2.06. The van der Waals surface area contributed by atoms with Crippen LogP contribution in [0.3, 0.4) is 0 Å². The van der Waals surface area contributed by atoms with Crippen molar-refractivity contribution in [1.82, 2.24) is 15.2 Å². The highest BCUT2D eigenvalue weighted by molar-refractivity contribution is 5.66. The average Bonchev–Trinajstić information content (AvgIpc) is 2.56. The van der Waals surface area contributed by atoms with Crippen molar-refractivity contribution in [2.24, 2.45) is 0 Å². The zero-order chi connectivity index (χ0) is 15.5. The van der Waals surface area contributed by atoms with E-state index in [2.05, 4.69) is 21.3 Å². The molecule has 22 heavy (non-hydrogen) atoms. The summed E-state index contributed by atoms with van der Waals surface area (Å²) >= 11 is 0. The van der Waals surface area contributed by atoms with Crippen molar-refractivity contribution in [3.05, 3.63) is 65.4 Å². The summed E-state index contributed by atoms with van der Waals surface area (Å²) in [5.74, 6) is 0.465. The van der Waals surface area contributed by atoms with Gasteiger partial charge in [-0.2, -0.15) is 5.26 Å². The second kappa shape index (κ2) is 5.74. The molecule has 0 spiro atoms. The van der Waals surface area contributed by atoms with Crippen molar-refractivity contribution in [3.63, 3.8) is 0 Å². The average molecular weight is 286 g/mol. The van der Waals surface area contributed by atoms with E-state index in [0.29, 0.717) is 11.5 Å². The van der Waals surface area contributed by atoms with Gasteiger partial charge in [-0.3, -0.25) is 0 Å². The van der Waals surface area contributed by atoms with Gasteiger partial charge in [0, 0.05) is 11.1 Å². The third kappa shape index (κ3) is 2.70. The quantitative estimate of drug-likeness (QED) is 0.720. The van der Waals surface area contributed by atoms with Crippen LogP contribution >= 0.6 is 0 Å². The Bertz CT molecular complexity index is 844. The maximum Gasteiger partial charge on any atom is 0.183 e. The fourth-order valence-electron chi connectivity index (χ4n) is 2.13. The van der Waals surface area contributed by atoms with Gasteiger partial charge in [-0.15, -0.1) is 10.2 Å². The number of aromatic nitrogens is 3. The molecule has 0 saturated carbocycles. The van der Waals surface area contributed by atoms with Gasteiger partial charge in [0.15, 0.2) is 11.5 Å². The number of aryl methyl sites for hydroxylation is 2. The van der Waals surface area contributed by atoms with E-state index in [4.69, 9.17) is 0 Å². The number of nitriles is 1. The lowest BCUT2D eigenvalue weighted by atomic mass is 10.1. The summed E-state index contributed by atoms with van der Waals surface area (Å²) in [4.78, 5) is 4.36. The van der Waals surface area contributed by atoms with Gasteiger partial charge < -0.3 is 0 Å². The first-order valence-corrected chi connectivity index (χ1v) is 6.96. The van der Waals surface area contributed by atoms with Crippen LogP contribution in [0.15, 0.2) is 48.5 Å². The highest BCUT2D eigenvalue weighted by Crippen LogP contribution is 2.22. The molecule has 0 amide bonds. The van der Waals surface area contributed by atoms with Crippen LogP contribution in [0.1, 0.15) is 16.8 Å². The molecule has 3 rings (SSSR count). The summed E-state index contributed by atoms with van der Waals surface area (Å²) in [6.07, 6.45) is 0. The minimum atomic E-state index is 0.287. The Morgan fingerprint density at radius 1 is 0.773 bits per heavy atom. The van der Waals surface area contributed by atoms with Gasteiger partial charge >= 0.3 is 0 Å². The van der Waals surface area contributed by atoms with Crippen LogP contribution in [0.25, 0.3) is 22.6 Å². The number of hydrogen-bond donors (Lipinski definition) is 0. The Morgan fingerprint density at radius 3 is 1.86 bits per heavy atom. The van der Waals surface area contributed by atoms with Gasteiger partial charge in [-0.1, -0.05) is 59.7 Å². The van der Waals surface area contributed by atoms with Crippen molar-refractivity contribution in [3.8, 4) is 28.7 Å². The van der Waals surface area contributed by atoms with E-state index < -0.39 is 0 Å². The maximum atomic E-state index is 9.37. The summed E-state index contributed by atoms with van der Waals surface area (Å²) in [5.41, 5.74) is 4.81. The van der Waals surface area contributed by atoms with Crippen molar-refractivity contribution in [1.29, 1.82) is 5.26 Å². The Hall–Kier alpha value is -3.06. The molecule has 3 aromatic rings. The fourth-order valence-corrected chi connectivity index (χ4v) is 2.13. The maximum absolute atomic E-state index is 9.37. The number of nitrogens with zero attached hydrogens (tertiary/aromatic N) is 4. The van der Waals surface area contributed by atoms with Gasteiger partial charge in [0.1, 0.15) is 11.8 Å². The van der Waals surface area contributed by atoms with Crippen molar-refractivity contribution in [2.75, 3.05) is 0 Å². The van der Waals surface area contributed by atoms with Crippen molar-refractivity contribution in [2.45, 2.75) is 13.8 Å². The summed E-state index contributed by atoms with van der Waals surface area (Å²) in [5, 5.41) is 17.8. The monoisotopic (exact) mass is 286 g/mol. The van der Waals surface area contributed by atoms with Crippen LogP contribution in [-0.2, 0) is 0 Å². The SMILES string of the molecule is Cc1ccc(-c2nnc(-c3ccc(C)cc3)c(C#N)n2)cc1. The first-order chi connectivity index (χ1) is 10.7. The predicted molar refractivity (Wildman–Crippen MR) is 84.9 cm³/mol. The second-order valence-electron chi connectivity index (χ2n) is 5.18. The van der Waals surface area contributed by atoms with E-state index in [1.807, 2.05) is 62.4 Å². The molecule has 0 aliphatic heterocycles. The summed E-state index contributed by atoms with van der Waals surface area (Å²) in [6.45, 7) is 4.03. The largest absolute Gasteiger partial charge is 0.213 e. The summed E-state index contributed by atoms with van der Waals surface area (Å²) in [7, 11) is 0.